The summed E-state index contributed by atoms with van der Waals surface area (Å²) in [6, 6.07) is 14.5. The molecular formula is C27H29N3O4. The van der Waals surface area contributed by atoms with Gasteiger partial charge in [0.05, 0.1) is 24.4 Å². The first-order valence-electron chi connectivity index (χ1n) is 11.9. The number of rotatable bonds is 7. The van der Waals surface area contributed by atoms with E-state index in [4.69, 9.17) is 18.9 Å². The van der Waals surface area contributed by atoms with Gasteiger partial charge in [0.25, 0.3) is 0 Å². The minimum atomic E-state index is -0.290. The van der Waals surface area contributed by atoms with Crippen molar-refractivity contribution in [1.29, 1.82) is 0 Å². The zero-order chi connectivity index (χ0) is 23.1. The van der Waals surface area contributed by atoms with Gasteiger partial charge in [-0.15, -0.1) is 0 Å². The van der Waals surface area contributed by atoms with Crippen molar-refractivity contribution in [2.24, 2.45) is 0 Å². The molecule has 3 aromatic rings. The zero-order valence-corrected chi connectivity index (χ0v) is 19.6. The van der Waals surface area contributed by atoms with Crippen molar-refractivity contribution < 1.29 is 18.9 Å². The van der Waals surface area contributed by atoms with Crippen LogP contribution in [0.25, 0.3) is 0 Å². The summed E-state index contributed by atoms with van der Waals surface area (Å²) < 4.78 is 22.9. The molecule has 4 heterocycles. The third-order valence-corrected chi connectivity index (χ3v) is 7.04. The van der Waals surface area contributed by atoms with Gasteiger partial charge in [0.2, 0.25) is 12.7 Å². The highest BCUT2D eigenvalue weighted by Crippen LogP contribution is 2.56. The Morgan fingerprint density at radius 1 is 1.06 bits per heavy atom. The largest absolute Gasteiger partial charge is 0.492 e. The summed E-state index contributed by atoms with van der Waals surface area (Å²) in [5.41, 5.74) is 5.38. The molecule has 1 spiro atoms. The van der Waals surface area contributed by atoms with Crippen LogP contribution in [0.4, 0.5) is 17.1 Å². The minimum Gasteiger partial charge on any atom is -0.492 e. The topological polar surface area (TPSA) is 65.1 Å². The van der Waals surface area contributed by atoms with Gasteiger partial charge in [-0.3, -0.25) is 0 Å². The predicted molar refractivity (Wildman–Crippen MR) is 131 cm³/mol. The maximum atomic E-state index is 6.31. The molecule has 0 saturated carbocycles. The van der Waals surface area contributed by atoms with Crippen LogP contribution in [0, 0.1) is 0 Å². The summed E-state index contributed by atoms with van der Waals surface area (Å²) in [5.74, 6) is 3.02. The van der Waals surface area contributed by atoms with Gasteiger partial charge in [-0.25, -0.2) is 4.98 Å². The van der Waals surface area contributed by atoms with Gasteiger partial charge < -0.3 is 29.2 Å². The molecule has 7 heteroatoms. The average Bonchev–Trinajstić information content (AvgIpc) is 3.56. The SMILES string of the molecule is CCCCCN1CC2(COc3cc4c(cc32)OCO4)c2c(Nc3ccc(OC)nc3)cccc21. The molecule has 3 aliphatic rings. The molecule has 3 aliphatic heterocycles. The van der Waals surface area contributed by atoms with Crippen LogP contribution in [-0.2, 0) is 5.41 Å². The smallest absolute Gasteiger partial charge is 0.231 e. The lowest BCUT2D eigenvalue weighted by Gasteiger charge is -2.26. The first-order chi connectivity index (χ1) is 16.7. The number of methoxy groups -OCH3 is 1. The highest BCUT2D eigenvalue weighted by Gasteiger charge is 2.51. The van der Waals surface area contributed by atoms with Crippen molar-refractivity contribution in [3.8, 4) is 23.1 Å². The number of hydrogen-bond donors (Lipinski definition) is 1. The lowest BCUT2D eigenvalue weighted by Crippen LogP contribution is -2.36. The molecule has 0 amide bonds. The number of nitrogens with zero attached hydrogens (tertiary/aromatic N) is 2. The molecule has 34 heavy (non-hydrogen) atoms. The van der Waals surface area contributed by atoms with Crippen LogP contribution in [0.3, 0.4) is 0 Å². The number of unbranched alkanes of at least 4 members (excludes halogenated alkanes) is 2. The summed E-state index contributed by atoms with van der Waals surface area (Å²) in [6.07, 6.45) is 5.39. The summed E-state index contributed by atoms with van der Waals surface area (Å²) in [5, 5.41) is 3.62. The number of hydrogen-bond acceptors (Lipinski definition) is 7. The Kier molecular flexibility index (Phi) is 5.12. The van der Waals surface area contributed by atoms with E-state index in [1.807, 2.05) is 18.2 Å². The number of anilines is 3. The normalized spacial score (nSPS) is 19.2. The van der Waals surface area contributed by atoms with Crippen LogP contribution in [-0.4, -0.2) is 38.6 Å². The van der Waals surface area contributed by atoms with E-state index in [-0.39, 0.29) is 12.2 Å². The Balaban J connectivity index is 1.45. The molecule has 0 fully saturated rings. The van der Waals surface area contributed by atoms with Gasteiger partial charge in [-0.1, -0.05) is 25.8 Å². The number of pyridine rings is 1. The second kappa shape index (κ2) is 8.31. The molecular weight excluding hydrogens is 430 g/mol. The summed E-state index contributed by atoms with van der Waals surface area (Å²) in [7, 11) is 1.62. The lowest BCUT2D eigenvalue weighted by atomic mass is 9.76. The summed E-state index contributed by atoms with van der Waals surface area (Å²) in [6.45, 7) is 4.98. The second-order valence-electron chi connectivity index (χ2n) is 9.12. The van der Waals surface area contributed by atoms with Crippen LogP contribution in [0.5, 0.6) is 23.1 Å². The molecule has 0 saturated heterocycles. The third kappa shape index (κ3) is 3.30. The maximum absolute atomic E-state index is 6.31. The maximum Gasteiger partial charge on any atom is 0.231 e. The number of nitrogens with one attached hydrogen (secondary N) is 1. The molecule has 0 radical (unpaired) electrons. The molecule has 6 rings (SSSR count). The van der Waals surface area contributed by atoms with E-state index in [0.29, 0.717) is 12.5 Å². The predicted octanol–water partition coefficient (Wildman–Crippen LogP) is 5.25. The Bertz CT molecular complexity index is 1210. The van der Waals surface area contributed by atoms with Crippen molar-refractivity contribution in [2.75, 3.05) is 43.8 Å². The van der Waals surface area contributed by atoms with Crippen LogP contribution < -0.4 is 29.2 Å². The Hall–Kier alpha value is -3.61. The number of aromatic nitrogens is 1. The van der Waals surface area contributed by atoms with Gasteiger partial charge in [0, 0.05) is 47.7 Å². The molecule has 1 aromatic heterocycles. The van der Waals surface area contributed by atoms with E-state index in [1.54, 1.807) is 13.3 Å². The van der Waals surface area contributed by atoms with Gasteiger partial charge in [-0.05, 0) is 30.7 Å². The molecule has 0 aliphatic carbocycles. The Labute approximate surface area is 199 Å². The third-order valence-electron chi connectivity index (χ3n) is 7.04. The molecule has 1 unspecified atom stereocenters. The monoisotopic (exact) mass is 459 g/mol. The molecule has 7 nitrogen and oxygen atoms in total. The fourth-order valence-electron chi connectivity index (χ4n) is 5.42. The molecule has 0 bridgehead atoms. The molecule has 1 N–H and O–H groups in total. The van der Waals surface area contributed by atoms with Crippen molar-refractivity contribution >= 4 is 17.1 Å². The fourth-order valence-corrected chi connectivity index (χ4v) is 5.42. The molecule has 1 atom stereocenters. The molecule has 2 aromatic carbocycles. The van der Waals surface area contributed by atoms with Gasteiger partial charge in [0.15, 0.2) is 11.5 Å². The quantitative estimate of drug-likeness (QED) is 0.484. The second-order valence-corrected chi connectivity index (χ2v) is 9.12. The fraction of sp³-hybridized carbons (Fsp3) is 0.370. The van der Waals surface area contributed by atoms with Gasteiger partial charge in [0.1, 0.15) is 12.4 Å². The van der Waals surface area contributed by atoms with E-state index in [2.05, 4.69) is 46.4 Å². The van der Waals surface area contributed by atoms with Gasteiger partial charge >= 0.3 is 0 Å². The molecule has 176 valence electrons. The van der Waals surface area contributed by atoms with Crippen molar-refractivity contribution in [3.05, 3.63) is 59.8 Å². The summed E-state index contributed by atoms with van der Waals surface area (Å²) >= 11 is 0. The van der Waals surface area contributed by atoms with Crippen molar-refractivity contribution in [2.45, 2.75) is 31.6 Å². The van der Waals surface area contributed by atoms with E-state index >= 15 is 0 Å². The number of benzene rings is 2. The van der Waals surface area contributed by atoms with Crippen LogP contribution in [0.2, 0.25) is 0 Å². The van der Waals surface area contributed by atoms with E-state index in [0.717, 1.165) is 47.3 Å². The zero-order valence-electron chi connectivity index (χ0n) is 19.6. The number of ether oxygens (including phenoxy) is 4. The van der Waals surface area contributed by atoms with Crippen molar-refractivity contribution in [3.63, 3.8) is 0 Å². The summed E-state index contributed by atoms with van der Waals surface area (Å²) in [4.78, 5) is 6.89. The minimum absolute atomic E-state index is 0.252. The number of fused-ring (bicyclic) bond motifs is 5. The van der Waals surface area contributed by atoms with Gasteiger partial charge in [-0.2, -0.15) is 0 Å². The van der Waals surface area contributed by atoms with Crippen LogP contribution in [0.1, 0.15) is 37.3 Å². The highest BCUT2D eigenvalue weighted by molar-refractivity contribution is 5.80. The average molecular weight is 460 g/mol. The van der Waals surface area contributed by atoms with E-state index in [9.17, 15) is 0 Å². The van der Waals surface area contributed by atoms with Crippen molar-refractivity contribution in [1.82, 2.24) is 4.98 Å². The first kappa shape index (κ1) is 21.0. The van der Waals surface area contributed by atoms with Crippen LogP contribution in [0.15, 0.2) is 48.7 Å². The first-order valence-corrected chi connectivity index (χ1v) is 11.9. The van der Waals surface area contributed by atoms with E-state index < -0.39 is 0 Å². The lowest BCUT2D eigenvalue weighted by molar-refractivity contribution is 0.173. The van der Waals surface area contributed by atoms with E-state index in [1.165, 1.54) is 30.5 Å². The van der Waals surface area contributed by atoms with Crippen LogP contribution >= 0.6 is 0 Å². The standard InChI is InChI=1S/C27H29N3O4/c1-3-4-5-11-30-15-27(16-32-22-13-24-23(12-19(22)27)33-17-34-24)26-20(7-6-8-21(26)30)29-18-9-10-25(31-2)28-14-18/h6-10,12-14,29H,3-5,11,15-17H2,1-2H3. The Morgan fingerprint density at radius 2 is 1.94 bits per heavy atom. The highest BCUT2D eigenvalue weighted by atomic mass is 16.7. The Morgan fingerprint density at radius 3 is 2.74 bits per heavy atom.